The summed E-state index contributed by atoms with van der Waals surface area (Å²) in [6.45, 7) is 0. The molecule has 0 saturated heterocycles. The highest BCUT2D eigenvalue weighted by molar-refractivity contribution is 5.97. The molecule has 3 nitrogen and oxygen atoms in total. The van der Waals surface area contributed by atoms with Gasteiger partial charge in [0.05, 0.1) is 0 Å². The number of hydrogen-bond acceptors (Lipinski definition) is 3. The van der Waals surface area contributed by atoms with E-state index >= 15 is 0 Å². The number of Topliss-reactive ketones (excluding diaryl/α,β-unsaturated/α-hetero) is 1. The lowest BCUT2D eigenvalue weighted by atomic mass is 10.0. The molecule has 2 aromatic rings. The van der Waals surface area contributed by atoms with E-state index in [4.69, 9.17) is 5.73 Å². The van der Waals surface area contributed by atoms with Gasteiger partial charge in [0.1, 0.15) is 5.82 Å². The fourth-order valence-corrected chi connectivity index (χ4v) is 1.61. The maximum atomic E-state index is 13.0. The fourth-order valence-electron chi connectivity index (χ4n) is 1.61. The summed E-state index contributed by atoms with van der Waals surface area (Å²) in [7, 11) is 0. The van der Waals surface area contributed by atoms with E-state index in [1.807, 2.05) is 0 Å². The van der Waals surface area contributed by atoms with E-state index in [1.54, 1.807) is 6.07 Å². The number of carbonyl (C=O) groups excluding carboxylic acids is 1. The first kappa shape index (κ1) is 13.1. The predicted octanol–water partition coefficient (Wildman–Crippen LogP) is 2.51. The Bertz CT molecular complexity index is 621. The Labute approximate surface area is 106 Å². The van der Waals surface area contributed by atoms with Crippen LogP contribution in [-0.2, 0) is 6.42 Å². The molecule has 0 bridgehead atoms. The Balaban J connectivity index is 2.25. The molecule has 0 saturated carbocycles. The topological polar surface area (TPSA) is 56.0 Å². The molecule has 0 radical (unpaired) electrons. The van der Waals surface area contributed by atoms with Crippen LogP contribution in [0.1, 0.15) is 15.9 Å². The van der Waals surface area contributed by atoms with Crippen LogP contribution in [0.5, 0.6) is 0 Å². The zero-order chi connectivity index (χ0) is 14.0. The minimum absolute atomic E-state index is 0.1000. The van der Waals surface area contributed by atoms with Crippen molar-refractivity contribution in [2.24, 2.45) is 0 Å². The lowest BCUT2D eigenvalue weighted by Crippen LogP contribution is -2.06. The standard InChI is InChI=1S/C13H9F3N2O/c14-9-5-8(6-10(15)13(9)16)11(19)3-7-1-2-18-12(17)4-7/h1-2,4-6H,3H2,(H2,17,18). The van der Waals surface area contributed by atoms with Crippen LogP contribution in [-0.4, -0.2) is 10.8 Å². The summed E-state index contributed by atoms with van der Waals surface area (Å²) < 4.78 is 38.8. The van der Waals surface area contributed by atoms with Crippen molar-refractivity contribution in [3.63, 3.8) is 0 Å². The minimum atomic E-state index is -1.59. The van der Waals surface area contributed by atoms with Gasteiger partial charge in [-0.3, -0.25) is 4.79 Å². The number of ketones is 1. The molecule has 1 aromatic carbocycles. The van der Waals surface area contributed by atoms with Gasteiger partial charge in [-0.2, -0.15) is 0 Å². The van der Waals surface area contributed by atoms with Gasteiger partial charge in [0.15, 0.2) is 23.2 Å². The Morgan fingerprint density at radius 3 is 2.37 bits per heavy atom. The molecular weight excluding hydrogens is 257 g/mol. The average Bonchev–Trinajstić information content (AvgIpc) is 2.35. The van der Waals surface area contributed by atoms with Crippen molar-refractivity contribution in [2.75, 3.05) is 5.73 Å². The molecule has 0 unspecified atom stereocenters. The largest absolute Gasteiger partial charge is 0.384 e. The first-order valence-corrected chi connectivity index (χ1v) is 5.35. The Morgan fingerprint density at radius 1 is 1.16 bits per heavy atom. The van der Waals surface area contributed by atoms with Crippen molar-refractivity contribution < 1.29 is 18.0 Å². The molecule has 1 aromatic heterocycles. The molecule has 0 aliphatic carbocycles. The minimum Gasteiger partial charge on any atom is -0.384 e. The van der Waals surface area contributed by atoms with Crippen molar-refractivity contribution in [1.82, 2.24) is 4.98 Å². The number of rotatable bonds is 3. The van der Waals surface area contributed by atoms with Crippen LogP contribution >= 0.6 is 0 Å². The number of pyridine rings is 1. The van der Waals surface area contributed by atoms with E-state index in [1.165, 1.54) is 12.3 Å². The molecular formula is C13H9F3N2O. The van der Waals surface area contributed by atoms with Crippen molar-refractivity contribution >= 4 is 11.6 Å². The highest BCUT2D eigenvalue weighted by Crippen LogP contribution is 2.16. The first-order valence-electron chi connectivity index (χ1n) is 5.35. The number of aromatic nitrogens is 1. The SMILES string of the molecule is Nc1cc(CC(=O)c2cc(F)c(F)c(F)c2)ccn1. The lowest BCUT2D eigenvalue weighted by molar-refractivity contribution is 0.0992. The van der Waals surface area contributed by atoms with Crippen LogP contribution in [0.25, 0.3) is 0 Å². The molecule has 2 N–H and O–H groups in total. The van der Waals surface area contributed by atoms with E-state index in [0.29, 0.717) is 17.7 Å². The summed E-state index contributed by atoms with van der Waals surface area (Å²) in [6, 6.07) is 4.38. The van der Waals surface area contributed by atoms with Gasteiger partial charge in [-0.05, 0) is 29.8 Å². The second-order valence-corrected chi connectivity index (χ2v) is 3.94. The Morgan fingerprint density at radius 2 is 1.79 bits per heavy atom. The van der Waals surface area contributed by atoms with Crippen LogP contribution in [0.3, 0.4) is 0 Å². The lowest BCUT2D eigenvalue weighted by Gasteiger charge is -2.04. The molecule has 0 aliphatic heterocycles. The molecule has 0 spiro atoms. The van der Waals surface area contributed by atoms with Crippen LogP contribution in [0.2, 0.25) is 0 Å². The Kier molecular flexibility index (Phi) is 3.50. The van der Waals surface area contributed by atoms with Gasteiger partial charge in [-0.25, -0.2) is 18.2 Å². The second-order valence-electron chi connectivity index (χ2n) is 3.94. The van der Waals surface area contributed by atoms with Crippen molar-refractivity contribution in [3.05, 3.63) is 59.0 Å². The highest BCUT2D eigenvalue weighted by atomic mass is 19.2. The molecule has 0 fully saturated rings. The fraction of sp³-hybridized carbons (Fsp3) is 0.0769. The van der Waals surface area contributed by atoms with Gasteiger partial charge in [0, 0.05) is 18.2 Å². The molecule has 2 rings (SSSR count). The molecule has 19 heavy (non-hydrogen) atoms. The van der Waals surface area contributed by atoms with Crippen molar-refractivity contribution in [2.45, 2.75) is 6.42 Å². The van der Waals surface area contributed by atoms with Gasteiger partial charge in [0.2, 0.25) is 0 Å². The molecule has 0 aliphatic rings. The van der Waals surface area contributed by atoms with Crippen molar-refractivity contribution in [3.8, 4) is 0 Å². The maximum Gasteiger partial charge on any atom is 0.194 e. The van der Waals surface area contributed by atoms with E-state index < -0.39 is 23.2 Å². The summed E-state index contributed by atoms with van der Waals surface area (Å²) in [6.07, 6.45) is 1.32. The summed E-state index contributed by atoms with van der Waals surface area (Å²) in [5.74, 6) is -4.68. The zero-order valence-corrected chi connectivity index (χ0v) is 9.66. The van der Waals surface area contributed by atoms with Crippen LogP contribution in [0.4, 0.5) is 19.0 Å². The van der Waals surface area contributed by atoms with Gasteiger partial charge < -0.3 is 5.73 Å². The number of benzene rings is 1. The van der Waals surface area contributed by atoms with Crippen LogP contribution in [0.15, 0.2) is 30.5 Å². The number of halogens is 3. The quantitative estimate of drug-likeness (QED) is 0.686. The molecule has 0 atom stereocenters. The monoisotopic (exact) mass is 266 g/mol. The smallest absolute Gasteiger partial charge is 0.194 e. The van der Waals surface area contributed by atoms with Crippen molar-refractivity contribution in [1.29, 1.82) is 0 Å². The third-order valence-electron chi connectivity index (χ3n) is 2.52. The summed E-state index contributed by atoms with van der Waals surface area (Å²) in [4.78, 5) is 15.6. The van der Waals surface area contributed by atoms with Gasteiger partial charge in [0.25, 0.3) is 0 Å². The second kappa shape index (κ2) is 5.09. The maximum absolute atomic E-state index is 13.0. The Hall–Kier alpha value is -2.37. The zero-order valence-electron chi connectivity index (χ0n) is 9.66. The number of anilines is 1. The molecule has 0 amide bonds. The normalized spacial score (nSPS) is 10.5. The first-order chi connectivity index (χ1) is 8.97. The van der Waals surface area contributed by atoms with E-state index in [9.17, 15) is 18.0 Å². The summed E-state index contributed by atoms with van der Waals surface area (Å²) in [5, 5.41) is 0. The third-order valence-corrected chi connectivity index (χ3v) is 2.52. The van der Waals surface area contributed by atoms with Gasteiger partial charge in [-0.15, -0.1) is 0 Å². The molecule has 1 heterocycles. The number of carbonyl (C=O) groups is 1. The summed E-state index contributed by atoms with van der Waals surface area (Å²) >= 11 is 0. The number of nitrogen functional groups attached to an aromatic ring is 1. The number of hydrogen-bond donors (Lipinski definition) is 1. The number of nitrogens with two attached hydrogens (primary N) is 1. The predicted molar refractivity (Wildman–Crippen MR) is 63.0 cm³/mol. The highest BCUT2D eigenvalue weighted by Gasteiger charge is 2.15. The van der Waals surface area contributed by atoms with Crippen LogP contribution in [0, 0.1) is 17.5 Å². The molecule has 6 heteroatoms. The third kappa shape index (κ3) is 2.90. The summed E-state index contributed by atoms with van der Waals surface area (Å²) in [5.41, 5.74) is 5.78. The van der Waals surface area contributed by atoms with E-state index in [2.05, 4.69) is 4.98 Å². The van der Waals surface area contributed by atoms with E-state index in [0.717, 1.165) is 0 Å². The molecule has 98 valence electrons. The average molecular weight is 266 g/mol. The van der Waals surface area contributed by atoms with E-state index in [-0.39, 0.29) is 17.8 Å². The van der Waals surface area contributed by atoms with Gasteiger partial charge >= 0.3 is 0 Å². The van der Waals surface area contributed by atoms with Gasteiger partial charge in [-0.1, -0.05) is 0 Å². The van der Waals surface area contributed by atoms with Crippen LogP contribution < -0.4 is 5.73 Å². The number of nitrogens with zero attached hydrogens (tertiary/aromatic N) is 1.